The van der Waals surface area contributed by atoms with E-state index in [1.807, 2.05) is 11.3 Å². The van der Waals surface area contributed by atoms with Gasteiger partial charge in [0.25, 0.3) is 0 Å². The van der Waals surface area contributed by atoms with Gasteiger partial charge in [0.15, 0.2) is 0 Å². The van der Waals surface area contributed by atoms with Gasteiger partial charge in [-0.1, -0.05) is 84.9 Å². The van der Waals surface area contributed by atoms with Gasteiger partial charge in [-0.15, -0.1) is 11.3 Å². The number of hydrogen-bond donors (Lipinski definition) is 1. The summed E-state index contributed by atoms with van der Waals surface area (Å²) in [4.78, 5) is 2.31. The van der Waals surface area contributed by atoms with Crippen LogP contribution in [-0.2, 0) is 0 Å². The standard InChI is InChI=1S/C36H26N2S/c1-4-12-26(13-5-1)27-22-29(37-28-20-21-36-34(25-28)33-18-10-11-19-35(33)39-36)24-32(23-27)38(30-14-6-2-7-15-30)31-16-8-3-9-17-31/h1-25,37H. The number of nitrogens with one attached hydrogen (secondary N) is 1. The molecule has 0 aliphatic heterocycles. The summed E-state index contributed by atoms with van der Waals surface area (Å²) in [5.74, 6) is 0. The number of rotatable bonds is 6. The van der Waals surface area contributed by atoms with Crippen molar-refractivity contribution in [2.75, 3.05) is 10.2 Å². The fourth-order valence-corrected chi connectivity index (χ4v) is 6.27. The molecule has 2 nitrogen and oxygen atoms in total. The summed E-state index contributed by atoms with van der Waals surface area (Å²) in [5, 5.41) is 6.33. The average molecular weight is 519 g/mol. The molecule has 39 heavy (non-hydrogen) atoms. The molecule has 0 fully saturated rings. The van der Waals surface area contributed by atoms with Gasteiger partial charge in [0, 0.05) is 48.6 Å². The van der Waals surface area contributed by atoms with E-state index in [1.165, 1.54) is 25.7 Å². The number of thiophene rings is 1. The second-order valence-corrected chi connectivity index (χ2v) is 10.7. The Labute approximate surface area is 232 Å². The van der Waals surface area contributed by atoms with Crippen LogP contribution < -0.4 is 10.2 Å². The number of hydrogen-bond acceptors (Lipinski definition) is 3. The maximum absolute atomic E-state index is 3.74. The van der Waals surface area contributed by atoms with Gasteiger partial charge in [-0.25, -0.2) is 0 Å². The fraction of sp³-hybridized carbons (Fsp3) is 0. The van der Waals surface area contributed by atoms with E-state index >= 15 is 0 Å². The lowest BCUT2D eigenvalue weighted by Gasteiger charge is -2.27. The van der Waals surface area contributed by atoms with E-state index in [-0.39, 0.29) is 0 Å². The van der Waals surface area contributed by atoms with Crippen LogP contribution in [-0.4, -0.2) is 0 Å². The van der Waals surface area contributed by atoms with Gasteiger partial charge in [0.2, 0.25) is 0 Å². The number of nitrogens with zero attached hydrogens (tertiary/aromatic N) is 1. The van der Waals surface area contributed by atoms with Crippen LogP contribution in [0.3, 0.4) is 0 Å². The molecule has 1 aromatic heterocycles. The Morgan fingerprint density at radius 2 is 1.03 bits per heavy atom. The summed E-state index contributed by atoms with van der Waals surface area (Å²) in [6.07, 6.45) is 0. The van der Waals surface area contributed by atoms with Crippen molar-refractivity contribution in [2.24, 2.45) is 0 Å². The van der Waals surface area contributed by atoms with Crippen LogP contribution in [0.2, 0.25) is 0 Å². The van der Waals surface area contributed by atoms with Crippen LogP contribution in [0.15, 0.2) is 152 Å². The molecule has 3 heteroatoms. The summed E-state index contributed by atoms with van der Waals surface area (Å²) in [6, 6.07) is 53.8. The summed E-state index contributed by atoms with van der Waals surface area (Å²) < 4.78 is 2.62. The lowest BCUT2D eigenvalue weighted by atomic mass is 10.0. The average Bonchev–Trinajstić information content (AvgIpc) is 3.37. The van der Waals surface area contributed by atoms with E-state index in [4.69, 9.17) is 0 Å². The van der Waals surface area contributed by atoms with Crippen LogP contribution in [0, 0.1) is 0 Å². The van der Waals surface area contributed by atoms with Crippen molar-refractivity contribution in [3.05, 3.63) is 152 Å². The van der Waals surface area contributed by atoms with Crippen molar-refractivity contribution >= 4 is 59.9 Å². The SMILES string of the molecule is c1ccc(-c2cc(Nc3ccc4sc5ccccc5c4c3)cc(N(c3ccccc3)c3ccccc3)c2)cc1. The highest BCUT2D eigenvalue weighted by molar-refractivity contribution is 7.25. The van der Waals surface area contributed by atoms with Gasteiger partial charge in [0.1, 0.15) is 0 Å². The Morgan fingerprint density at radius 3 is 1.74 bits per heavy atom. The molecule has 0 spiro atoms. The lowest BCUT2D eigenvalue weighted by molar-refractivity contribution is 1.28. The Bertz CT molecular complexity index is 1840. The third-order valence-electron chi connectivity index (χ3n) is 6.98. The zero-order valence-corrected chi connectivity index (χ0v) is 22.1. The number of fused-ring (bicyclic) bond motifs is 3. The first kappa shape index (κ1) is 23.3. The number of para-hydroxylation sites is 2. The highest BCUT2D eigenvalue weighted by Gasteiger charge is 2.15. The predicted octanol–water partition coefficient (Wildman–Crippen LogP) is 10.9. The highest BCUT2D eigenvalue weighted by atomic mass is 32.1. The van der Waals surface area contributed by atoms with Crippen LogP contribution in [0.1, 0.15) is 0 Å². The van der Waals surface area contributed by atoms with Gasteiger partial charge in [-0.2, -0.15) is 0 Å². The normalized spacial score (nSPS) is 11.1. The molecule has 7 aromatic rings. The van der Waals surface area contributed by atoms with Crippen LogP contribution >= 0.6 is 11.3 Å². The molecule has 0 radical (unpaired) electrons. The second-order valence-electron chi connectivity index (χ2n) is 9.58. The molecule has 0 saturated heterocycles. The minimum absolute atomic E-state index is 1.04. The highest BCUT2D eigenvalue weighted by Crippen LogP contribution is 2.40. The minimum atomic E-state index is 1.04. The molecule has 6 aromatic carbocycles. The number of benzene rings is 6. The van der Waals surface area contributed by atoms with E-state index in [1.54, 1.807) is 0 Å². The molecule has 0 unspecified atom stereocenters. The van der Waals surface area contributed by atoms with Gasteiger partial charge < -0.3 is 10.2 Å². The summed E-state index contributed by atoms with van der Waals surface area (Å²) in [7, 11) is 0. The Balaban J connectivity index is 1.37. The van der Waals surface area contributed by atoms with E-state index in [0.717, 1.165) is 34.0 Å². The Kier molecular flexibility index (Phi) is 6.04. The zero-order chi connectivity index (χ0) is 26.0. The lowest BCUT2D eigenvalue weighted by Crippen LogP contribution is -2.10. The van der Waals surface area contributed by atoms with Crippen molar-refractivity contribution in [2.45, 2.75) is 0 Å². The van der Waals surface area contributed by atoms with E-state index < -0.39 is 0 Å². The van der Waals surface area contributed by atoms with Crippen LogP contribution in [0.4, 0.5) is 28.4 Å². The quantitative estimate of drug-likeness (QED) is 0.235. The van der Waals surface area contributed by atoms with Crippen LogP contribution in [0.5, 0.6) is 0 Å². The molecule has 0 aliphatic rings. The molecule has 1 N–H and O–H groups in total. The van der Waals surface area contributed by atoms with Crippen LogP contribution in [0.25, 0.3) is 31.3 Å². The van der Waals surface area contributed by atoms with Crippen molar-refractivity contribution in [1.82, 2.24) is 0 Å². The summed E-state index contributed by atoms with van der Waals surface area (Å²) >= 11 is 1.84. The maximum atomic E-state index is 3.74. The monoisotopic (exact) mass is 518 g/mol. The first-order valence-electron chi connectivity index (χ1n) is 13.1. The Morgan fingerprint density at radius 1 is 0.410 bits per heavy atom. The molecule has 0 atom stereocenters. The van der Waals surface area contributed by atoms with E-state index in [0.29, 0.717) is 0 Å². The van der Waals surface area contributed by atoms with Crippen molar-refractivity contribution in [1.29, 1.82) is 0 Å². The van der Waals surface area contributed by atoms with Crippen molar-refractivity contribution < 1.29 is 0 Å². The molecular weight excluding hydrogens is 492 g/mol. The minimum Gasteiger partial charge on any atom is -0.355 e. The van der Waals surface area contributed by atoms with E-state index in [9.17, 15) is 0 Å². The topological polar surface area (TPSA) is 15.3 Å². The molecular formula is C36H26N2S. The fourth-order valence-electron chi connectivity index (χ4n) is 5.18. The molecule has 0 saturated carbocycles. The molecule has 186 valence electrons. The molecule has 0 aliphatic carbocycles. The van der Waals surface area contributed by atoms with Crippen molar-refractivity contribution in [3.8, 4) is 11.1 Å². The third-order valence-corrected chi connectivity index (χ3v) is 8.13. The summed E-state index contributed by atoms with van der Waals surface area (Å²) in [5.41, 5.74) is 7.79. The predicted molar refractivity (Wildman–Crippen MR) is 169 cm³/mol. The van der Waals surface area contributed by atoms with Gasteiger partial charge in [-0.3, -0.25) is 0 Å². The van der Waals surface area contributed by atoms with Gasteiger partial charge >= 0.3 is 0 Å². The maximum Gasteiger partial charge on any atom is 0.0488 e. The zero-order valence-electron chi connectivity index (χ0n) is 21.3. The first-order valence-corrected chi connectivity index (χ1v) is 13.9. The number of anilines is 5. The van der Waals surface area contributed by atoms with E-state index in [2.05, 4.69) is 162 Å². The molecule has 0 bridgehead atoms. The summed E-state index contributed by atoms with van der Waals surface area (Å²) in [6.45, 7) is 0. The van der Waals surface area contributed by atoms with Gasteiger partial charge in [0.05, 0.1) is 0 Å². The first-order chi connectivity index (χ1) is 19.3. The second kappa shape index (κ2) is 10.1. The third kappa shape index (κ3) is 4.65. The Hall–Kier alpha value is -4.86. The molecule has 7 rings (SSSR count). The molecule has 1 heterocycles. The largest absolute Gasteiger partial charge is 0.355 e. The van der Waals surface area contributed by atoms with Crippen molar-refractivity contribution in [3.63, 3.8) is 0 Å². The smallest absolute Gasteiger partial charge is 0.0488 e. The molecule has 0 amide bonds. The van der Waals surface area contributed by atoms with Gasteiger partial charge in [-0.05, 0) is 77.9 Å².